The predicted molar refractivity (Wildman–Crippen MR) is 210 cm³/mol. The molecule has 0 aliphatic rings. The molecule has 4 aromatic carbocycles. The highest BCUT2D eigenvalue weighted by atomic mass is 79.9. The van der Waals surface area contributed by atoms with Crippen LogP contribution in [0.15, 0.2) is 119 Å². The van der Waals surface area contributed by atoms with Gasteiger partial charge in [-0.15, -0.1) is 0 Å². The second kappa shape index (κ2) is 14.9. The number of hydrogen-bond acceptors (Lipinski definition) is 6. The van der Waals surface area contributed by atoms with Crippen LogP contribution >= 0.6 is 39.6 Å². The number of nitrogens with zero attached hydrogens (tertiary/aromatic N) is 5. The van der Waals surface area contributed by atoms with Gasteiger partial charge in [0.2, 0.25) is 0 Å². The molecule has 7 rings (SSSR count). The average molecular weight is 800 g/mol. The quantitative estimate of drug-likeness (QED) is 0.117. The van der Waals surface area contributed by atoms with Crippen LogP contribution in [-0.2, 0) is 17.9 Å². The molecule has 1 unspecified atom stereocenters. The van der Waals surface area contributed by atoms with Gasteiger partial charge >= 0.3 is 0 Å². The van der Waals surface area contributed by atoms with E-state index in [4.69, 9.17) is 14.8 Å². The van der Waals surface area contributed by atoms with E-state index >= 15 is 8.78 Å². The first-order valence-corrected chi connectivity index (χ1v) is 19.5. The number of aromatic nitrogens is 6. The van der Waals surface area contributed by atoms with Crippen molar-refractivity contribution in [3.8, 4) is 22.9 Å². The van der Waals surface area contributed by atoms with Crippen LogP contribution in [0.5, 0.6) is 11.5 Å². The van der Waals surface area contributed by atoms with E-state index in [1.165, 1.54) is 35.7 Å². The van der Waals surface area contributed by atoms with Gasteiger partial charge in [-0.25, -0.2) is 18.4 Å². The van der Waals surface area contributed by atoms with Crippen LogP contribution < -0.4 is 4.74 Å². The van der Waals surface area contributed by atoms with Crippen LogP contribution in [-0.4, -0.2) is 40.4 Å². The van der Waals surface area contributed by atoms with E-state index < -0.39 is 17.0 Å². The summed E-state index contributed by atoms with van der Waals surface area (Å²) in [6.45, 7) is 6.57. The van der Waals surface area contributed by atoms with Crippen molar-refractivity contribution in [2.75, 3.05) is 11.5 Å². The number of thioether (sulfide) groups is 1. The molecule has 1 N–H and O–H groups in total. The fraction of sp³-hybridized carbons (Fsp3) is 0.225. The van der Waals surface area contributed by atoms with Gasteiger partial charge < -0.3 is 4.74 Å². The second-order valence-electron chi connectivity index (χ2n) is 13.5. The van der Waals surface area contributed by atoms with E-state index in [9.17, 15) is 0 Å². The minimum Gasteiger partial charge on any atom is -0.454 e. The third-order valence-corrected chi connectivity index (χ3v) is 12.2. The van der Waals surface area contributed by atoms with Crippen molar-refractivity contribution in [1.29, 1.82) is 0 Å². The molecule has 7 aromatic rings. The Hall–Kier alpha value is -4.39. The number of H-pyrrole nitrogens is 1. The van der Waals surface area contributed by atoms with Crippen molar-refractivity contribution in [2.45, 2.75) is 42.9 Å². The normalized spacial score (nSPS) is 13.1. The molecule has 266 valence electrons. The number of hydrogen-bond donors (Lipinski definition) is 1. The van der Waals surface area contributed by atoms with Crippen molar-refractivity contribution < 1.29 is 13.5 Å². The molecule has 0 aliphatic heterocycles. The van der Waals surface area contributed by atoms with E-state index in [-0.39, 0.29) is 22.5 Å². The monoisotopic (exact) mass is 798 g/mol. The van der Waals surface area contributed by atoms with E-state index in [0.29, 0.717) is 11.6 Å². The number of rotatable bonds is 13. The van der Waals surface area contributed by atoms with Crippen LogP contribution in [0.25, 0.3) is 22.3 Å². The lowest BCUT2D eigenvalue weighted by molar-refractivity contribution is 0.442. The Morgan fingerprint density at radius 3 is 2.50 bits per heavy atom. The van der Waals surface area contributed by atoms with Crippen molar-refractivity contribution in [3.05, 3.63) is 143 Å². The van der Waals surface area contributed by atoms with Crippen LogP contribution in [0.2, 0.25) is 0 Å². The molecule has 0 spiro atoms. The minimum absolute atomic E-state index is 0.0434. The summed E-state index contributed by atoms with van der Waals surface area (Å²) < 4.78 is 41.6. The molecule has 3 heterocycles. The van der Waals surface area contributed by atoms with Gasteiger partial charge in [-0.3, -0.25) is 9.07 Å². The molecule has 1 atom stereocenters. The Morgan fingerprint density at radius 2 is 1.73 bits per heavy atom. The number of benzene rings is 4. The number of ether oxygens (including phenoxy) is 1. The second-order valence-corrected chi connectivity index (χ2v) is 16.6. The zero-order valence-electron chi connectivity index (χ0n) is 29.1. The fourth-order valence-corrected chi connectivity index (χ4v) is 8.77. The molecule has 0 amide bonds. The van der Waals surface area contributed by atoms with Gasteiger partial charge in [-0.2, -0.15) is 22.0 Å². The summed E-state index contributed by atoms with van der Waals surface area (Å²) in [5.41, 5.74) is 2.52. The summed E-state index contributed by atoms with van der Waals surface area (Å²) in [5.74, 6) is 2.00. The molecule has 0 fully saturated rings. The Morgan fingerprint density at radius 1 is 0.904 bits per heavy atom. The molecule has 0 aliphatic carbocycles. The number of halogens is 3. The molecular formula is C40H37BrF2N6OS2. The first-order chi connectivity index (χ1) is 25.0. The zero-order valence-corrected chi connectivity index (χ0v) is 32.3. The number of nitrogens with one attached hydrogen (secondary N) is 1. The lowest BCUT2D eigenvalue weighted by Crippen LogP contribution is -2.27. The topological polar surface area (TPSA) is 73.6 Å². The number of aryl methyl sites for hydroxylation is 1. The lowest BCUT2D eigenvalue weighted by atomic mass is 9.79. The van der Waals surface area contributed by atoms with Gasteiger partial charge in [0, 0.05) is 51.4 Å². The van der Waals surface area contributed by atoms with Gasteiger partial charge in [0.05, 0.1) is 22.7 Å². The summed E-state index contributed by atoms with van der Waals surface area (Å²) in [5, 5.41) is 12.7. The summed E-state index contributed by atoms with van der Waals surface area (Å²) in [4.78, 5) is 6.01. The molecule has 52 heavy (non-hydrogen) atoms. The highest BCUT2D eigenvalue weighted by Crippen LogP contribution is 2.39. The average Bonchev–Trinajstić information content (AvgIpc) is 3.90. The van der Waals surface area contributed by atoms with E-state index in [2.05, 4.69) is 59.0 Å². The molecule has 0 saturated heterocycles. The predicted octanol–water partition coefficient (Wildman–Crippen LogP) is 11.0. The standard InChI is InChI=1S/C40H37BrF2N6OS2/c1-39(2,28-23-44-45-24-28)25-51-18-16-40(3,27-9-8-10-29(41)20-27)38-46-37(48(4)47-38)32-21-30(13-14-33(32)42)50-36-19-26-15-17-49(35(26)22-34(36)43)52-31-11-6-5-7-12-31/h5-15,17,19-24H,16,18,25H2,1-4H3,(H,44,45). The summed E-state index contributed by atoms with van der Waals surface area (Å²) >= 11 is 7.01. The first-order valence-electron chi connectivity index (χ1n) is 16.8. The van der Waals surface area contributed by atoms with Gasteiger partial charge in [-0.1, -0.05) is 60.1 Å². The summed E-state index contributed by atoms with van der Waals surface area (Å²) in [6.07, 6.45) is 6.47. The third kappa shape index (κ3) is 7.55. The molecular weight excluding hydrogens is 763 g/mol. The molecule has 0 radical (unpaired) electrons. The van der Waals surface area contributed by atoms with Crippen LogP contribution in [0.3, 0.4) is 0 Å². The highest BCUT2D eigenvalue weighted by molar-refractivity contribution is 9.10. The molecule has 12 heteroatoms. The summed E-state index contributed by atoms with van der Waals surface area (Å²) in [6, 6.07) is 27.4. The molecule has 3 aromatic heterocycles. The fourth-order valence-electron chi connectivity index (χ4n) is 6.11. The molecule has 0 bridgehead atoms. The maximum absolute atomic E-state index is 15.6. The SMILES string of the molecule is Cn1nc(C(C)(CCSCC(C)(C)c2cn[nH]c2)c2cccc(Br)c2)nc1-c1cc(Oc2cc3ccn(Sc4ccccc4)c3cc2F)ccc1F. The molecule has 0 saturated carbocycles. The Bertz CT molecular complexity index is 2330. The van der Waals surface area contributed by atoms with Crippen LogP contribution in [0.4, 0.5) is 8.78 Å². The Kier molecular flexibility index (Phi) is 10.3. The van der Waals surface area contributed by atoms with E-state index in [1.807, 2.05) is 82.9 Å². The zero-order chi connectivity index (χ0) is 36.5. The van der Waals surface area contributed by atoms with Crippen molar-refractivity contribution in [1.82, 2.24) is 28.9 Å². The van der Waals surface area contributed by atoms with Gasteiger partial charge in [0.1, 0.15) is 11.6 Å². The largest absolute Gasteiger partial charge is 0.454 e. The maximum Gasteiger partial charge on any atom is 0.167 e. The Labute approximate surface area is 318 Å². The van der Waals surface area contributed by atoms with Gasteiger partial charge in [0.15, 0.2) is 23.2 Å². The van der Waals surface area contributed by atoms with Gasteiger partial charge in [0.25, 0.3) is 0 Å². The van der Waals surface area contributed by atoms with Gasteiger partial charge in [-0.05, 0) is 96.8 Å². The van der Waals surface area contributed by atoms with Crippen molar-refractivity contribution >= 4 is 50.5 Å². The number of fused-ring (bicyclic) bond motifs is 1. The Balaban J connectivity index is 1.14. The lowest BCUT2D eigenvalue weighted by Gasteiger charge is -2.28. The van der Waals surface area contributed by atoms with Crippen molar-refractivity contribution in [2.24, 2.45) is 7.05 Å². The van der Waals surface area contributed by atoms with E-state index in [0.717, 1.165) is 43.8 Å². The van der Waals surface area contributed by atoms with Crippen LogP contribution in [0.1, 0.15) is 44.1 Å². The number of aromatic amines is 1. The summed E-state index contributed by atoms with van der Waals surface area (Å²) in [7, 11) is 1.76. The van der Waals surface area contributed by atoms with E-state index in [1.54, 1.807) is 23.9 Å². The minimum atomic E-state index is -0.578. The third-order valence-electron chi connectivity index (χ3n) is 9.27. The maximum atomic E-state index is 15.6. The van der Waals surface area contributed by atoms with Crippen molar-refractivity contribution in [3.63, 3.8) is 0 Å². The molecule has 7 nitrogen and oxygen atoms in total. The first kappa shape index (κ1) is 36.0. The highest BCUT2D eigenvalue weighted by Gasteiger charge is 2.35. The smallest absolute Gasteiger partial charge is 0.167 e. The van der Waals surface area contributed by atoms with Crippen LogP contribution in [0, 0.1) is 11.6 Å².